The van der Waals surface area contributed by atoms with Gasteiger partial charge in [0.25, 0.3) is 0 Å². The van der Waals surface area contributed by atoms with Crippen molar-refractivity contribution in [2.75, 3.05) is 0 Å². The Hall–Kier alpha value is -0.230. The Bertz CT molecular complexity index is 473. The molecule has 0 radical (unpaired) electrons. The van der Waals surface area contributed by atoms with E-state index in [1.54, 1.807) is 17.5 Å². The molecule has 2 rings (SSSR count). The summed E-state index contributed by atoms with van der Waals surface area (Å²) < 4.78 is 1.72. The van der Waals surface area contributed by atoms with Crippen molar-refractivity contribution in [3.8, 4) is 0 Å². The third kappa shape index (κ3) is 2.91. The summed E-state index contributed by atoms with van der Waals surface area (Å²) in [7, 11) is 0. The molecule has 2 heterocycles. The molecule has 2 nitrogen and oxygen atoms in total. The Balaban J connectivity index is 2.17. The summed E-state index contributed by atoms with van der Waals surface area (Å²) >= 11 is 8.37. The van der Waals surface area contributed by atoms with Gasteiger partial charge in [-0.05, 0) is 60.3 Å². The average molecular weight is 363 g/mol. The van der Waals surface area contributed by atoms with Crippen LogP contribution >= 0.6 is 43.2 Å². The van der Waals surface area contributed by atoms with E-state index in [2.05, 4.69) is 36.8 Å². The second-order valence-electron chi connectivity index (χ2n) is 3.37. The first kappa shape index (κ1) is 12.2. The molecule has 0 bridgehead atoms. The van der Waals surface area contributed by atoms with Gasteiger partial charge in [-0.2, -0.15) is 11.3 Å². The van der Waals surface area contributed by atoms with Crippen molar-refractivity contribution in [2.45, 2.75) is 12.5 Å². The number of aliphatic hydroxyl groups is 1. The highest BCUT2D eigenvalue weighted by molar-refractivity contribution is 9.11. The van der Waals surface area contributed by atoms with E-state index in [1.807, 2.05) is 22.9 Å². The Morgan fingerprint density at radius 3 is 2.88 bits per heavy atom. The van der Waals surface area contributed by atoms with E-state index < -0.39 is 6.10 Å². The number of halogens is 2. The summed E-state index contributed by atoms with van der Waals surface area (Å²) in [5.41, 5.74) is 1.81. The van der Waals surface area contributed by atoms with Gasteiger partial charge in [-0.25, -0.2) is 0 Å². The predicted octanol–water partition coefficient (Wildman–Crippen LogP) is 3.94. The van der Waals surface area contributed by atoms with Gasteiger partial charge in [0, 0.05) is 21.6 Å². The smallest absolute Gasteiger partial charge is 0.101 e. The number of thiophene rings is 1. The summed E-state index contributed by atoms with van der Waals surface area (Å²) in [5, 5.41) is 14.1. The number of hydrogen-bond donors (Lipinski definition) is 1. The van der Waals surface area contributed by atoms with E-state index in [-0.39, 0.29) is 0 Å². The van der Waals surface area contributed by atoms with E-state index in [9.17, 15) is 5.11 Å². The molecule has 0 saturated carbocycles. The first-order valence-corrected chi connectivity index (χ1v) is 7.20. The number of aromatic nitrogens is 1. The zero-order valence-corrected chi connectivity index (χ0v) is 12.2. The van der Waals surface area contributed by atoms with Crippen LogP contribution in [-0.4, -0.2) is 10.1 Å². The lowest BCUT2D eigenvalue weighted by molar-refractivity contribution is 0.173. The van der Waals surface area contributed by atoms with Gasteiger partial charge in [-0.1, -0.05) is 0 Å². The highest BCUT2D eigenvalue weighted by Gasteiger charge is 2.14. The number of rotatable bonds is 3. The Kier molecular flexibility index (Phi) is 4.13. The van der Waals surface area contributed by atoms with Gasteiger partial charge in [0.2, 0.25) is 0 Å². The van der Waals surface area contributed by atoms with Crippen LogP contribution in [0.25, 0.3) is 0 Å². The maximum Gasteiger partial charge on any atom is 0.101 e. The van der Waals surface area contributed by atoms with Crippen LogP contribution in [-0.2, 0) is 6.42 Å². The molecular weight excluding hydrogens is 354 g/mol. The normalized spacial score (nSPS) is 12.7. The van der Waals surface area contributed by atoms with E-state index in [0.29, 0.717) is 12.1 Å². The van der Waals surface area contributed by atoms with Crippen molar-refractivity contribution < 1.29 is 5.11 Å². The van der Waals surface area contributed by atoms with Crippen LogP contribution in [0.1, 0.15) is 17.4 Å². The third-order valence-corrected chi connectivity index (χ3v) is 3.96. The lowest BCUT2D eigenvalue weighted by atomic mass is 10.1. The fourth-order valence-corrected chi connectivity index (χ4v) is 3.33. The van der Waals surface area contributed by atoms with Crippen LogP contribution in [0.2, 0.25) is 0 Å². The minimum Gasteiger partial charge on any atom is -0.386 e. The molecule has 16 heavy (non-hydrogen) atoms. The molecule has 1 N–H and O–H groups in total. The molecule has 84 valence electrons. The van der Waals surface area contributed by atoms with Gasteiger partial charge >= 0.3 is 0 Å². The second-order valence-corrected chi connectivity index (χ2v) is 5.92. The van der Waals surface area contributed by atoms with Crippen LogP contribution in [0.3, 0.4) is 0 Å². The van der Waals surface area contributed by atoms with Crippen molar-refractivity contribution in [3.05, 3.63) is 49.3 Å². The van der Waals surface area contributed by atoms with Crippen molar-refractivity contribution in [2.24, 2.45) is 0 Å². The first-order valence-electron chi connectivity index (χ1n) is 4.67. The number of nitrogens with zero attached hydrogens (tertiary/aromatic N) is 1. The lowest BCUT2D eigenvalue weighted by Gasteiger charge is -2.11. The van der Waals surface area contributed by atoms with E-state index in [1.165, 1.54) is 0 Å². The fraction of sp³-hybridized carbons (Fsp3) is 0.182. The molecule has 2 aromatic rings. The molecule has 0 aliphatic heterocycles. The van der Waals surface area contributed by atoms with Crippen molar-refractivity contribution in [1.29, 1.82) is 0 Å². The molecule has 0 saturated heterocycles. The highest BCUT2D eigenvalue weighted by Crippen LogP contribution is 2.27. The molecule has 0 aliphatic carbocycles. The highest BCUT2D eigenvalue weighted by atomic mass is 79.9. The molecule has 0 aliphatic rings. The van der Waals surface area contributed by atoms with Crippen LogP contribution < -0.4 is 0 Å². The summed E-state index contributed by atoms with van der Waals surface area (Å²) in [5.74, 6) is 0. The van der Waals surface area contributed by atoms with Gasteiger partial charge < -0.3 is 5.11 Å². The Labute approximate surface area is 115 Å². The average Bonchev–Trinajstić information content (AvgIpc) is 2.70. The predicted molar refractivity (Wildman–Crippen MR) is 72.6 cm³/mol. The fourth-order valence-electron chi connectivity index (χ4n) is 1.40. The zero-order valence-electron chi connectivity index (χ0n) is 8.23. The topological polar surface area (TPSA) is 33.1 Å². The minimum atomic E-state index is -0.572. The second kappa shape index (κ2) is 5.40. The van der Waals surface area contributed by atoms with E-state index in [0.717, 1.165) is 14.5 Å². The molecule has 0 fully saturated rings. The van der Waals surface area contributed by atoms with Crippen LogP contribution in [0, 0.1) is 0 Å². The Morgan fingerprint density at radius 2 is 2.25 bits per heavy atom. The largest absolute Gasteiger partial charge is 0.386 e. The van der Waals surface area contributed by atoms with E-state index in [4.69, 9.17) is 0 Å². The quantitative estimate of drug-likeness (QED) is 0.896. The summed E-state index contributed by atoms with van der Waals surface area (Å²) in [6.07, 6.45) is 1.71. The van der Waals surface area contributed by atoms with Crippen LogP contribution in [0.4, 0.5) is 0 Å². The molecule has 0 amide bonds. The zero-order chi connectivity index (χ0) is 11.5. The maximum absolute atomic E-state index is 10.1. The molecule has 1 unspecified atom stereocenters. The summed E-state index contributed by atoms with van der Waals surface area (Å²) in [4.78, 5) is 4.22. The van der Waals surface area contributed by atoms with Gasteiger partial charge in [0.05, 0.1) is 5.69 Å². The van der Waals surface area contributed by atoms with Gasteiger partial charge in [-0.15, -0.1) is 0 Å². The minimum absolute atomic E-state index is 0.572. The molecular formula is C11H9Br2NOS. The van der Waals surface area contributed by atoms with Crippen molar-refractivity contribution in [1.82, 2.24) is 4.98 Å². The molecule has 2 aromatic heterocycles. The summed E-state index contributed by atoms with van der Waals surface area (Å²) in [6.45, 7) is 0. The Morgan fingerprint density at radius 1 is 1.44 bits per heavy atom. The van der Waals surface area contributed by atoms with Crippen molar-refractivity contribution >= 4 is 43.2 Å². The lowest BCUT2D eigenvalue weighted by Crippen LogP contribution is -2.04. The third-order valence-electron chi connectivity index (χ3n) is 2.16. The number of pyridine rings is 1. The van der Waals surface area contributed by atoms with Gasteiger partial charge in [0.1, 0.15) is 6.10 Å². The molecule has 5 heteroatoms. The van der Waals surface area contributed by atoms with Crippen LogP contribution in [0.15, 0.2) is 38.0 Å². The monoisotopic (exact) mass is 361 g/mol. The first-order chi connectivity index (χ1) is 7.66. The van der Waals surface area contributed by atoms with Crippen molar-refractivity contribution in [3.63, 3.8) is 0 Å². The summed E-state index contributed by atoms with van der Waals surface area (Å²) in [6, 6.07) is 3.90. The SMILES string of the molecule is OC(Cc1ccsc1)c1ncc(Br)cc1Br. The van der Waals surface area contributed by atoms with Gasteiger partial charge in [-0.3, -0.25) is 4.98 Å². The van der Waals surface area contributed by atoms with Gasteiger partial charge in [0.15, 0.2) is 0 Å². The maximum atomic E-state index is 10.1. The standard InChI is InChI=1S/C11H9Br2NOS/c12-8-4-9(13)11(14-5-8)10(15)3-7-1-2-16-6-7/h1-2,4-6,10,15H,3H2. The van der Waals surface area contributed by atoms with E-state index >= 15 is 0 Å². The molecule has 0 aromatic carbocycles. The van der Waals surface area contributed by atoms with Crippen LogP contribution in [0.5, 0.6) is 0 Å². The molecule has 1 atom stereocenters. The number of aliphatic hydroxyl groups excluding tert-OH is 1. The molecule has 0 spiro atoms. The number of hydrogen-bond acceptors (Lipinski definition) is 3.